The summed E-state index contributed by atoms with van der Waals surface area (Å²) in [6, 6.07) is -0.761. The number of ether oxygens (including phenoxy) is 1. The maximum Gasteiger partial charge on any atom is 0.242 e. The molecule has 2 atom stereocenters. The lowest BCUT2D eigenvalue weighted by atomic mass is 10.1. The smallest absolute Gasteiger partial charge is 0.242 e. The second-order valence-electron chi connectivity index (χ2n) is 4.17. The van der Waals surface area contributed by atoms with Crippen LogP contribution in [0.3, 0.4) is 0 Å². The van der Waals surface area contributed by atoms with E-state index in [0.717, 1.165) is 19.4 Å². The predicted octanol–water partition coefficient (Wildman–Crippen LogP) is -1.55. The van der Waals surface area contributed by atoms with Crippen molar-refractivity contribution < 1.29 is 14.3 Å². The molecule has 3 N–H and O–H groups in total. The lowest BCUT2D eigenvalue weighted by Gasteiger charge is -2.35. The van der Waals surface area contributed by atoms with Crippen LogP contribution < -0.4 is 11.1 Å². The molecule has 2 saturated heterocycles. The number of morpholine rings is 1. The first kappa shape index (κ1) is 11.3. The Bertz CT molecular complexity index is 289. The van der Waals surface area contributed by atoms with Gasteiger partial charge in [0.25, 0.3) is 0 Å². The van der Waals surface area contributed by atoms with Gasteiger partial charge >= 0.3 is 0 Å². The zero-order valence-electron chi connectivity index (χ0n) is 9.15. The van der Waals surface area contributed by atoms with Crippen molar-refractivity contribution in [3.8, 4) is 0 Å². The summed E-state index contributed by atoms with van der Waals surface area (Å²) in [6.07, 6.45) is 1.84. The monoisotopic (exact) mass is 227 g/mol. The molecule has 0 aliphatic carbocycles. The molecule has 0 aromatic rings. The van der Waals surface area contributed by atoms with Crippen molar-refractivity contribution in [2.24, 2.45) is 5.73 Å². The number of nitrogens with two attached hydrogens (primary N) is 1. The van der Waals surface area contributed by atoms with Gasteiger partial charge in [-0.05, 0) is 19.4 Å². The average molecular weight is 227 g/mol. The van der Waals surface area contributed by atoms with E-state index in [1.165, 1.54) is 0 Å². The van der Waals surface area contributed by atoms with E-state index in [9.17, 15) is 9.59 Å². The Balaban J connectivity index is 2.04. The van der Waals surface area contributed by atoms with Crippen LogP contribution in [0.5, 0.6) is 0 Å². The first-order valence-corrected chi connectivity index (χ1v) is 5.61. The van der Waals surface area contributed by atoms with Crippen molar-refractivity contribution in [1.82, 2.24) is 10.2 Å². The summed E-state index contributed by atoms with van der Waals surface area (Å²) in [5.41, 5.74) is 5.26. The Morgan fingerprint density at radius 1 is 1.44 bits per heavy atom. The second kappa shape index (κ2) is 4.80. The number of amides is 2. The quantitative estimate of drug-likeness (QED) is 0.598. The van der Waals surface area contributed by atoms with Crippen LogP contribution >= 0.6 is 0 Å². The third kappa shape index (κ3) is 2.17. The Morgan fingerprint density at radius 3 is 2.88 bits per heavy atom. The van der Waals surface area contributed by atoms with E-state index in [0.29, 0.717) is 13.2 Å². The van der Waals surface area contributed by atoms with Crippen LogP contribution in [0, 0.1) is 0 Å². The molecule has 2 aliphatic rings. The van der Waals surface area contributed by atoms with Crippen LogP contribution in [0.2, 0.25) is 0 Å². The summed E-state index contributed by atoms with van der Waals surface area (Å²) in [7, 11) is 0. The first-order chi connectivity index (χ1) is 7.70. The Hall–Kier alpha value is -1.14. The number of hydrogen-bond donors (Lipinski definition) is 2. The number of rotatable bonds is 2. The van der Waals surface area contributed by atoms with E-state index in [-0.39, 0.29) is 18.6 Å². The predicted molar refractivity (Wildman–Crippen MR) is 56.5 cm³/mol. The molecule has 2 aliphatic heterocycles. The highest BCUT2D eigenvalue weighted by atomic mass is 16.5. The van der Waals surface area contributed by atoms with Crippen molar-refractivity contribution >= 4 is 11.8 Å². The molecule has 2 rings (SSSR count). The van der Waals surface area contributed by atoms with E-state index >= 15 is 0 Å². The minimum absolute atomic E-state index is 0.0235. The molecule has 0 bridgehead atoms. The lowest BCUT2D eigenvalue weighted by Crippen LogP contribution is -2.58. The fraction of sp³-hybridized carbons (Fsp3) is 0.800. The van der Waals surface area contributed by atoms with E-state index < -0.39 is 11.9 Å². The molecule has 0 spiro atoms. The van der Waals surface area contributed by atoms with Gasteiger partial charge in [-0.3, -0.25) is 9.59 Å². The van der Waals surface area contributed by atoms with Crippen LogP contribution in [0.4, 0.5) is 0 Å². The molecule has 6 nitrogen and oxygen atoms in total. The van der Waals surface area contributed by atoms with Gasteiger partial charge in [0, 0.05) is 6.54 Å². The Kier molecular flexibility index (Phi) is 3.40. The molecule has 90 valence electrons. The third-order valence-electron chi connectivity index (χ3n) is 3.10. The molecule has 0 aromatic carbocycles. The van der Waals surface area contributed by atoms with Gasteiger partial charge in [0.15, 0.2) is 0 Å². The number of nitrogens with zero attached hydrogens (tertiary/aromatic N) is 1. The highest BCUT2D eigenvalue weighted by Crippen LogP contribution is 2.13. The maximum atomic E-state index is 12.1. The SMILES string of the molecule is NC(=O)C1COCCN1C(=O)[C@@H]1CCCN1. The molecule has 2 fully saturated rings. The molecular weight excluding hydrogens is 210 g/mol. The fourth-order valence-corrected chi connectivity index (χ4v) is 2.20. The number of carbonyl (C=O) groups excluding carboxylic acids is 2. The minimum atomic E-state index is -0.608. The summed E-state index contributed by atoms with van der Waals surface area (Å²) in [5.74, 6) is -0.518. The lowest BCUT2D eigenvalue weighted by molar-refractivity contribution is -0.148. The van der Waals surface area contributed by atoms with Crippen LogP contribution in [0.25, 0.3) is 0 Å². The molecule has 2 heterocycles. The summed E-state index contributed by atoms with van der Waals surface area (Å²) in [6.45, 7) is 2.00. The van der Waals surface area contributed by atoms with Gasteiger partial charge in [-0.2, -0.15) is 0 Å². The largest absolute Gasteiger partial charge is 0.377 e. The Morgan fingerprint density at radius 2 is 2.25 bits per heavy atom. The van der Waals surface area contributed by atoms with Crippen molar-refractivity contribution in [3.63, 3.8) is 0 Å². The average Bonchev–Trinajstić information content (AvgIpc) is 2.81. The van der Waals surface area contributed by atoms with E-state index in [1.807, 2.05) is 0 Å². The summed E-state index contributed by atoms with van der Waals surface area (Å²) in [4.78, 5) is 24.9. The highest BCUT2D eigenvalue weighted by Gasteiger charge is 2.35. The van der Waals surface area contributed by atoms with Crippen molar-refractivity contribution in [2.75, 3.05) is 26.3 Å². The molecule has 6 heteroatoms. The zero-order valence-corrected chi connectivity index (χ0v) is 9.15. The van der Waals surface area contributed by atoms with Gasteiger partial charge in [-0.25, -0.2) is 0 Å². The molecular formula is C10H17N3O3. The second-order valence-corrected chi connectivity index (χ2v) is 4.17. The molecule has 0 saturated carbocycles. The molecule has 2 amide bonds. The molecule has 16 heavy (non-hydrogen) atoms. The Labute approximate surface area is 94.1 Å². The van der Waals surface area contributed by atoms with Gasteiger partial charge in [0.1, 0.15) is 6.04 Å². The number of carbonyl (C=O) groups is 2. The number of nitrogens with one attached hydrogen (secondary N) is 1. The van der Waals surface area contributed by atoms with Crippen LogP contribution in [0.15, 0.2) is 0 Å². The molecule has 0 radical (unpaired) electrons. The van der Waals surface area contributed by atoms with Crippen LogP contribution in [-0.4, -0.2) is 55.1 Å². The van der Waals surface area contributed by atoms with Crippen molar-refractivity contribution in [1.29, 1.82) is 0 Å². The first-order valence-electron chi connectivity index (χ1n) is 5.61. The van der Waals surface area contributed by atoms with Crippen LogP contribution in [-0.2, 0) is 14.3 Å². The minimum Gasteiger partial charge on any atom is -0.377 e. The van der Waals surface area contributed by atoms with Gasteiger partial charge in [-0.1, -0.05) is 0 Å². The number of primary amides is 1. The zero-order chi connectivity index (χ0) is 11.5. The van der Waals surface area contributed by atoms with Crippen LogP contribution in [0.1, 0.15) is 12.8 Å². The summed E-state index contributed by atoms with van der Waals surface area (Å²) in [5, 5.41) is 3.13. The highest BCUT2D eigenvalue weighted by molar-refractivity contribution is 5.89. The van der Waals surface area contributed by atoms with E-state index in [4.69, 9.17) is 10.5 Å². The molecule has 1 unspecified atom stereocenters. The maximum absolute atomic E-state index is 12.1. The van der Waals surface area contributed by atoms with Crippen molar-refractivity contribution in [2.45, 2.75) is 24.9 Å². The third-order valence-corrected chi connectivity index (χ3v) is 3.10. The normalized spacial score (nSPS) is 30.4. The standard InChI is InChI=1S/C10H17N3O3/c11-9(14)8-6-16-5-4-13(8)10(15)7-2-1-3-12-7/h7-8,12H,1-6H2,(H2,11,14)/t7-,8?/m0/s1. The summed E-state index contributed by atoms with van der Waals surface area (Å²) < 4.78 is 5.17. The van der Waals surface area contributed by atoms with E-state index in [2.05, 4.69) is 5.32 Å². The fourth-order valence-electron chi connectivity index (χ4n) is 2.20. The van der Waals surface area contributed by atoms with Crippen molar-refractivity contribution in [3.05, 3.63) is 0 Å². The van der Waals surface area contributed by atoms with Gasteiger partial charge in [0.2, 0.25) is 11.8 Å². The molecule has 0 aromatic heterocycles. The van der Waals surface area contributed by atoms with Gasteiger partial charge in [-0.15, -0.1) is 0 Å². The van der Waals surface area contributed by atoms with Gasteiger partial charge in [0.05, 0.1) is 19.3 Å². The topological polar surface area (TPSA) is 84.7 Å². The number of hydrogen-bond acceptors (Lipinski definition) is 4. The van der Waals surface area contributed by atoms with Gasteiger partial charge < -0.3 is 20.7 Å². The summed E-state index contributed by atoms with van der Waals surface area (Å²) >= 11 is 0. The van der Waals surface area contributed by atoms with E-state index in [1.54, 1.807) is 4.90 Å².